The SMILES string of the molecule is CN.[Ca+2].[OH-].[OH-]. The molecule has 0 unspecified atom stereocenters. The molecule has 0 aliphatic rings. The van der Waals surface area contributed by atoms with Gasteiger partial charge in [-0.1, -0.05) is 0 Å². The zero-order chi connectivity index (χ0) is 2.00. The maximum absolute atomic E-state index is 4.50. The molecule has 0 saturated carbocycles. The molecule has 0 aliphatic heterocycles. The normalized spacial score (nSPS) is 1.20. The molecule has 0 fully saturated rings. The molecule has 0 aromatic carbocycles. The Morgan fingerprint density at radius 2 is 1.00 bits per heavy atom. The molecule has 0 spiro atoms. The molecule has 0 radical (unpaired) electrons. The minimum atomic E-state index is 0. The van der Waals surface area contributed by atoms with E-state index >= 15 is 0 Å². The van der Waals surface area contributed by atoms with Crippen molar-refractivity contribution in [1.82, 2.24) is 0 Å². The van der Waals surface area contributed by atoms with Gasteiger partial charge in [-0.15, -0.1) is 0 Å². The van der Waals surface area contributed by atoms with Crippen LogP contribution in [0.2, 0.25) is 0 Å². The molecule has 30 valence electrons. The van der Waals surface area contributed by atoms with E-state index in [0.29, 0.717) is 0 Å². The van der Waals surface area contributed by atoms with Crippen molar-refractivity contribution >= 4 is 37.7 Å². The van der Waals surface area contributed by atoms with Crippen molar-refractivity contribution in [3.8, 4) is 0 Å². The molecule has 0 rings (SSSR count). The summed E-state index contributed by atoms with van der Waals surface area (Å²) in [4.78, 5) is 0. The average Bonchev–Trinajstić information content (AvgIpc) is 1.00. The predicted octanol–water partition coefficient (Wildman–Crippen LogP) is -1.16. The standard InChI is InChI=1S/CH5N.Ca.2H2O/c1-2;;;/h2H2,1H3;;2*1H2/q;+2;;/p-2. The fraction of sp³-hybridized carbons (Fsp3) is 1.00. The van der Waals surface area contributed by atoms with Crippen LogP contribution in [0.1, 0.15) is 0 Å². The fourth-order valence-electron chi connectivity index (χ4n) is 0. The Bertz CT molecular complexity index is 9.61. The van der Waals surface area contributed by atoms with Gasteiger partial charge >= 0.3 is 37.7 Å². The molecule has 3 nitrogen and oxygen atoms in total. The monoisotopic (exact) mass is 105 g/mol. The Hall–Kier alpha value is 1.14. The average molecular weight is 105 g/mol. The van der Waals surface area contributed by atoms with Gasteiger partial charge in [-0.3, -0.25) is 0 Å². The number of nitrogens with two attached hydrogens (primary N) is 1. The summed E-state index contributed by atoms with van der Waals surface area (Å²) < 4.78 is 0. The first-order valence-electron chi connectivity index (χ1n) is 0.577. The Kier molecular flexibility index (Phi) is 480. The van der Waals surface area contributed by atoms with Gasteiger partial charge in [0.1, 0.15) is 0 Å². The largest absolute Gasteiger partial charge is 2.00 e. The summed E-state index contributed by atoms with van der Waals surface area (Å²) in [5.74, 6) is 0. The van der Waals surface area contributed by atoms with Crippen LogP contribution in [0.3, 0.4) is 0 Å². The summed E-state index contributed by atoms with van der Waals surface area (Å²) in [6.45, 7) is 0. The summed E-state index contributed by atoms with van der Waals surface area (Å²) in [5, 5.41) is 0. The molecule has 4 heteroatoms. The van der Waals surface area contributed by atoms with E-state index in [4.69, 9.17) is 0 Å². The summed E-state index contributed by atoms with van der Waals surface area (Å²) in [6, 6.07) is 0. The van der Waals surface area contributed by atoms with Crippen LogP contribution in [0.4, 0.5) is 0 Å². The van der Waals surface area contributed by atoms with Crippen LogP contribution < -0.4 is 5.73 Å². The third-order valence-electron chi connectivity index (χ3n) is 0. The van der Waals surface area contributed by atoms with Crippen molar-refractivity contribution in [2.24, 2.45) is 5.73 Å². The van der Waals surface area contributed by atoms with Crippen molar-refractivity contribution < 1.29 is 11.0 Å². The minimum absolute atomic E-state index is 0. The molecule has 0 atom stereocenters. The quantitative estimate of drug-likeness (QED) is 0.394. The van der Waals surface area contributed by atoms with Crippen LogP contribution in [-0.2, 0) is 0 Å². The third-order valence-corrected chi connectivity index (χ3v) is 0. The molecule has 4 N–H and O–H groups in total. The van der Waals surface area contributed by atoms with E-state index in [2.05, 4.69) is 5.73 Å². The first kappa shape index (κ1) is 35.4. The second-order valence-electron chi connectivity index (χ2n) is 0. The molecular formula is CH7CaNO2. The Morgan fingerprint density at radius 3 is 1.00 bits per heavy atom. The number of rotatable bonds is 0. The van der Waals surface area contributed by atoms with E-state index in [1.807, 2.05) is 0 Å². The molecule has 0 bridgehead atoms. The van der Waals surface area contributed by atoms with E-state index in [1.165, 1.54) is 7.05 Å². The van der Waals surface area contributed by atoms with E-state index in [-0.39, 0.29) is 48.7 Å². The summed E-state index contributed by atoms with van der Waals surface area (Å²) in [7, 11) is 1.50. The maximum Gasteiger partial charge on any atom is 2.00 e. The second kappa shape index (κ2) is 67.8. The van der Waals surface area contributed by atoms with Crippen molar-refractivity contribution in [3.63, 3.8) is 0 Å². The zero-order valence-corrected chi connectivity index (χ0v) is 5.39. The molecule has 0 amide bonds. The van der Waals surface area contributed by atoms with Crippen LogP contribution in [0.15, 0.2) is 0 Å². The van der Waals surface area contributed by atoms with Gasteiger partial charge in [-0.05, 0) is 7.05 Å². The van der Waals surface area contributed by atoms with Crippen molar-refractivity contribution in [2.75, 3.05) is 7.05 Å². The fourth-order valence-corrected chi connectivity index (χ4v) is 0. The topological polar surface area (TPSA) is 86.0 Å². The number of hydrogen-bond donors (Lipinski definition) is 1. The van der Waals surface area contributed by atoms with Gasteiger partial charge in [0.05, 0.1) is 0 Å². The Balaban J connectivity index is -0.00000000167. The molecular weight excluding hydrogens is 98.1 g/mol. The van der Waals surface area contributed by atoms with Crippen LogP contribution >= 0.6 is 0 Å². The van der Waals surface area contributed by atoms with E-state index in [1.54, 1.807) is 0 Å². The van der Waals surface area contributed by atoms with Gasteiger partial charge in [0.25, 0.3) is 0 Å². The third kappa shape index (κ3) is 39.0. The van der Waals surface area contributed by atoms with Crippen molar-refractivity contribution in [2.45, 2.75) is 0 Å². The second-order valence-corrected chi connectivity index (χ2v) is 0. The van der Waals surface area contributed by atoms with Crippen LogP contribution in [0, 0.1) is 0 Å². The van der Waals surface area contributed by atoms with Gasteiger partial charge in [0.2, 0.25) is 0 Å². The first-order valence-corrected chi connectivity index (χ1v) is 0.577. The van der Waals surface area contributed by atoms with Crippen molar-refractivity contribution in [1.29, 1.82) is 0 Å². The van der Waals surface area contributed by atoms with Crippen LogP contribution in [0.5, 0.6) is 0 Å². The predicted molar refractivity (Wildman–Crippen MR) is 19.7 cm³/mol. The minimum Gasteiger partial charge on any atom is -0.870 e. The maximum atomic E-state index is 4.50. The molecule has 0 aromatic rings. The van der Waals surface area contributed by atoms with E-state index < -0.39 is 0 Å². The van der Waals surface area contributed by atoms with Gasteiger partial charge in [-0.25, -0.2) is 0 Å². The summed E-state index contributed by atoms with van der Waals surface area (Å²) in [5.41, 5.74) is 4.50. The summed E-state index contributed by atoms with van der Waals surface area (Å²) in [6.07, 6.45) is 0. The van der Waals surface area contributed by atoms with E-state index in [0.717, 1.165) is 0 Å². The zero-order valence-electron chi connectivity index (χ0n) is 3.18. The Morgan fingerprint density at radius 1 is 1.00 bits per heavy atom. The van der Waals surface area contributed by atoms with Crippen LogP contribution in [-0.4, -0.2) is 55.7 Å². The number of hydrogen-bond acceptors (Lipinski definition) is 3. The molecule has 0 saturated heterocycles. The molecule has 0 aliphatic carbocycles. The van der Waals surface area contributed by atoms with Gasteiger partial charge in [0, 0.05) is 0 Å². The first-order chi connectivity index (χ1) is 1.00. The van der Waals surface area contributed by atoms with Gasteiger partial charge < -0.3 is 16.7 Å². The van der Waals surface area contributed by atoms with Crippen molar-refractivity contribution in [3.05, 3.63) is 0 Å². The van der Waals surface area contributed by atoms with E-state index in [9.17, 15) is 0 Å². The summed E-state index contributed by atoms with van der Waals surface area (Å²) >= 11 is 0. The Labute approximate surface area is 61.2 Å². The molecule has 5 heavy (non-hydrogen) atoms. The van der Waals surface area contributed by atoms with Gasteiger partial charge in [-0.2, -0.15) is 0 Å². The molecule has 0 aromatic heterocycles. The smallest absolute Gasteiger partial charge is 0.870 e. The van der Waals surface area contributed by atoms with Gasteiger partial charge in [0.15, 0.2) is 0 Å². The molecule has 0 heterocycles. The van der Waals surface area contributed by atoms with Crippen LogP contribution in [0.25, 0.3) is 0 Å².